The maximum Gasteiger partial charge on any atom is 0.265 e. The number of rotatable bonds is 10. The Bertz CT molecular complexity index is 731. The predicted molar refractivity (Wildman–Crippen MR) is 106 cm³/mol. The molecule has 0 saturated heterocycles. The van der Waals surface area contributed by atoms with Crippen molar-refractivity contribution >= 4 is 11.9 Å². The van der Waals surface area contributed by atoms with Gasteiger partial charge in [-0.15, -0.1) is 5.10 Å². The zero-order valence-electron chi connectivity index (χ0n) is 16.9. The van der Waals surface area contributed by atoms with E-state index in [0.29, 0.717) is 17.1 Å². The Morgan fingerprint density at radius 1 is 1.15 bits per heavy atom. The number of benzene rings is 1. The molecule has 0 aliphatic carbocycles. The molecule has 2 aromatic rings. The number of carbonyl (C=O) groups is 1. The summed E-state index contributed by atoms with van der Waals surface area (Å²) in [7, 11) is 3.03. The highest BCUT2D eigenvalue weighted by molar-refractivity contribution is 6.07. The van der Waals surface area contributed by atoms with Gasteiger partial charge in [0, 0.05) is 5.41 Å². The first-order valence-electron chi connectivity index (χ1n) is 9.50. The Kier molecular flexibility index (Phi) is 7.21. The zero-order valence-corrected chi connectivity index (χ0v) is 16.9. The molecule has 1 aromatic heterocycles. The van der Waals surface area contributed by atoms with Crippen LogP contribution < -0.4 is 14.8 Å². The number of methoxy groups -OCH3 is 2. The van der Waals surface area contributed by atoms with Crippen molar-refractivity contribution < 1.29 is 14.3 Å². The number of H-pyrrole nitrogens is 1. The minimum Gasteiger partial charge on any atom is -0.496 e. The molecule has 0 aliphatic heterocycles. The number of carbonyl (C=O) groups excluding carboxylic acids is 1. The quantitative estimate of drug-likeness (QED) is 0.646. The Balaban J connectivity index is 2.26. The first-order valence-corrected chi connectivity index (χ1v) is 9.50. The van der Waals surface area contributed by atoms with Gasteiger partial charge in [-0.3, -0.25) is 15.2 Å². The van der Waals surface area contributed by atoms with Crippen LogP contribution in [0, 0.1) is 0 Å². The number of ether oxygens (including phenoxy) is 2. The summed E-state index contributed by atoms with van der Waals surface area (Å²) in [4.78, 5) is 17.4. The second-order valence-corrected chi connectivity index (χ2v) is 6.59. The molecule has 1 amide bonds. The molecule has 0 unspecified atom stereocenters. The maximum absolute atomic E-state index is 12.8. The Morgan fingerprint density at radius 2 is 1.78 bits per heavy atom. The second kappa shape index (κ2) is 9.39. The van der Waals surface area contributed by atoms with Gasteiger partial charge in [0.25, 0.3) is 5.91 Å². The zero-order chi connectivity index (χ0) is 19.9. The molecule has 7 nitrogen and oxygen atoms in total. The fraction of sp³-hybridized carbons (Fsp3) is 0.550. The first kappa shape index (κ1) is 20.7. The normalized spacial score (nSPS) is 11.3. The van der Waals surface area contributed by atoms with Crippen LogP contribution in [0.3, 0.4) is 0 Å². The van der Waals surface area contributed by atoms with Crippen molar-refractivity contribution in [2.45, 2.75) is 58.3 Å². The van der Waals surface area contributed by atoms with Crippen LogP contribution >= 0.6 is 0 Å². The molecule has 0 aliphatic rings. The van der Waals surface area contributed by atoms with Gasteiger partial charge < -0.3 is 9.47 Å². The van der Waals surface area contributed by atoms with Crippen LogP contribution in [-0.4, -0.2) is 35.3 Å². The van der Waals surface area contributed by atoms with Gasteiger partial charge in [-0.1, -0.05) is 39.7 Å². The summed E-state index contributed by atoms with van der Waals surface area (Å²) in [6.45, 7) is 6.52. The van der Waals surface area contributed by atoms with E-state index in [9.17, 15) is 4.79 Å². The summed E-state index contributed by atoms with van der Waals surface area (Å²) in [6.07, 6.45) is 5.23. The molecule has 0 saturated carbocycles. The van der Waals surface area contributed by atoms with Crippen LogP contribution in [0.1, 0.15) is 69.1 Å². The highest BCUT2D eigenvalue weighted by Gasteiger charge is 2.32. The summed E-state index contributed by atoms with van der Waals surface area (Å²) in [5.74, 6) is 1.57. The van der Waals surface area contributed by atoms with E-state index in [0.717, 1.165) is 37.9 Å². The minimum absolute atomic E-state index is 0.0475. The van der Waals surface area contributed by atoms with Crippen molar-refractivity contribution in [3.05, 3.63) is 29.6 Å². The molecule has 27 heavy (non-hydrogen) atoms. The summed E-state index contributed by atoms with van der Waals surface area (Å²) in [5, 5.41) is 10.00. The second-order valence-electron chi connectivity index (χ2n) is 6.59. The van der Waals surface area contributed by atoms with E-state index in [2.05, 4.69) is 41.3 Å². The molecule has 0 atom stereocenters. The Morgan fingerprint density at radius 3 is 2.30 bits per heavy atom. The maximum atomic E-state index is 12.8. The molecule has 1 heterocycles. The van der Waals surface area contributed by atoms with E-state index in [1.54, 1.807) is 18.2 Å². The standard InChI is InChI=1S/C20H30N4O3/c1-6-9-13-20(7-2,8-3)18-22-19(24-23-18)21-17(25)16-14(26-4)11-10-12-15(16)27-5/h10-12H,6-9,13H2,1-5H3,(H2,21,22,23,24,25). The molecule has 0 spiro atoms. The number of amides is 1. The van der Waals surface area contributed by atoms with Crippen LogP contribution in [0.4, 0.5) is 5.95 Å². The van der Waals surface area contributed by atoms with Gasteiger partial charge in [-0.25, -0.2) is 0 Å². The molecule has 2 rings (SSSR count). The number of hydrogen-bond acceptors (Lipinski definition) is 5. The molecule has 0 fully saturated rings. The smallest absolute Gasteiger partial charge is 0.265 e. The lowest BCUT2D eigenvalue weighted by Crippen LogP contribution is -2.26. The van der Waals surface area contributed by atoms with Gasteiger partial charge in [-0.05, 0) is 31.4 Å². The summed E-state index contributed by atoms with van der Waals surface area (Å²) < 4.78 is 10.6. The molecule has 148 valence electrons. The lowest BCUT2D eigenvalue weighted by Gasteiger charge is -2.29. The Hall–Kier alpha value is -2.57. The monoisotopic (exact) mass is 374 g/mol. The van der Waals surface area contributed by atoms with Crippen molar-refractivity contribution in [1.82, 2.24) is 15.2 Å². The van der Waals surface area contributed by atoms with Crippen molar-refractivity contribution in [2.24, 2.45) is 0 Å². The fourth-order valence-electron chi connectivity index (χ4n) is 3.37. The van der Waals surface area contributed by atoms with E-state index < -0.39 is 0 Å². The average Bonchev–Trinajstić information content (AvgIpc) is 3.17. The van der Waals surface area contributed by atoms with Crippen molar-refractivity contribution in [3.8, 4) is 11.5 Å². The molecule has 0 radical (unpaired) electrons. The van der Waals surface area contributed by atoms with Crippen molar-refractivity contribution in [2.75, 3.05) is 19.5 Å². The number of hydrogen-bond donors (Lipinski definition) is 2. The van der Waals surface area contributed by atoms with Gasteiger partial charge in [-0.2, -0.15) is 4.98 Å². The minimum atomic E-state index is -0.373. The van der Waals surface area contributed by atoms with Gasteiger partial charge >= 0.3 is 0 Å². The van der Waals surface area contributed by atoms with Crippen LogP contribution in [0.2, 0.25) is 0 Å². The molecule has 0 bridgehead atoms. The third-order valence-electron chi connectivity index (χ3n) is 5.23. The van der Waals surface area contributed by atoms with E-state index in [1.165, 1.54) is 14.2 Å². The van der Waals surface area contributed by atoms with E-state index in [4.69, 9.17) is 9.47 Å². The van der Waals surface area contributed by atoms with Crippen molar-refractivity contribution in [3.63, 3.8) is 0 Å². The third-order valence-corrected chi connectivity index (χ3v) is 5.23. The lowest BCUT2D eigenvalue weighted by molar-refractivity contribution is 0.102. The predicted octanol–water partition coefficient (Wildman–Crippen LogP) is 4.32. The molecule has 2 N–H and O–H groups in total. The summed E-state index contributed by atoms with van der Waals surface area (Å²) in [6, 6.07) is 5.19. The Labute approximate surface area is 160 Å². The average molecular weight is 374 g/mol. The van der Waals surface area contributed by atoms with Gasteiger partial charge in [0.05, 0.1) is 14.2 Å². The molecular weight excluding hydrogens is 344 g/mol. The lowest BCUT2D eigenvalue weighted by atomic mass is 9.77. The topological polar surface area (TPSA) is 89.1 Å². The summed E-state index contributed by atoms with van der Waals surface area (Å²) >= 11 is 0. The van der Waals surface area contributed by atoms with E-state index >= 15 is 0 Å². The third kappa shape index (κ3) is 4.40. The molecule has 1 aromatic carbocycles. The highest BCUT2D eigenvalue weighted by atomic mass is 16.5. The molecular formula is C20H30N4O3. The largest absolute Gasteiger partial charge is 0.496 e. The van der Waals surface area contributed by atoms with E-state index in [-0.39, 0.29) is 17.3 Å². The van der Waals surface area contributed by atoms with E-state index in [1.807, 2.05) is 0 Å². The van der Waals surface area contributed by atoms with Crippen LogP contribution in [0.15, 0.2) is 18.2 Å². The van der Waals surface area contributed by atoms with Gasteiger partial charge in [0.1, 0.15) is 22.9 Å². The number of nitrogens with zero attached hydrogens (tertiary/aromatic N) is 2. The number of aromatic nitrogens is 3. The highest BCUT2D eigenvalue weighted by Crippen LogP contribution is 2.35. The number of unbranched alkanes of at least 4 members (excludes halogenated alkanes) is 1. The SMILES string of the molecule is CCCCC(CC)(CC)c1nc(NC(=O)c2c(OC)cccc2OC)n[nH]1. The molecule has 7 heteroatoms. The number of anilines is 1. The van der Waals surface area contributed by atoms with Crippen molar-refractivity contribution in [1.29, 1.82) is 0 Å². The van der Waals surface area contributed by atoms with Gasteiger partial charge in [0.2, 0.25) is 5.95 Å². The van der Waals surface area contributed by atoms with Crippen LogP contribution in [0.25, 0.3) is 0 Å². The first-order chi connectivity index (χ1) is 13.0. The number of nitrogens with one attached hydrogen (secondary N) is 2. The fourth-order valence-corrected chi connectivity index (χ4v) is 3.37. The van der Waals surface area contributed by atoms with Gasteiger partial charge in [0.15, 0.2) is 0 Å². The van der Waals surface area contributed by atoms with Crippen LogP contribution in [0.5, 0.6) is 11.5 Å². The number of aromatic amines is 1. The van der Waals surface area contributed by atoms with Crippen LogP contribution in [-0.2, 0) is 5.41 Å². The summed E-state index contributed by atoms with van der Waals surface area (Å²) in [5.41, 5.74) is 0.269.